The van der Waals surface area contributed by atoms with Gasteiger partial charge in [0.1, 0.15) is 6.54 Å². The summed E-state index contributed by atoms with van der Waals surface area (Å²) in [5.74, 6) is -1.33. The fourth-order valence-corrected chi connectivity index (χ4v) is 3.30. The second kappa shape index (κ2) is 9.28. The number of benzene rings is 3. The third-order valence-corrected chi connectivity index (χ3v) is 4.97. The predicted octanol–water partition coefficient (Wildman–Crippen LogP) is 4.09. The zero-order chi connectivity index (χ0) is 24.2. The highest BCUT2D eigenvalue weighted by molar-refractivity contribution is 6.00. The maximum Gasteiger partial charge on any atom is 0.420 e. The van der Waals surface area contributed by atoms with Crippen molar-refractivity contribution in [3.05, 3.63) is 93.0 Å². The van der Waals surface area contributed by atoms with Crippen LogP contribution in [0.3, 0.4) is 0 Å². The third-order valence-electron chi connectivity index (χ3n) is 4.97. The first-order chi connectivity index (χ1) is 16.3. The molecule has 0 unspecified atom stereocenters. The Morgan fingerprint density at radius 2 is 1.71 bits per heavy atom. The molecule has 3 N–H and O–H groups in total. The van der Waals surface area contributed by atoms with Crippen molar-refractivity contribution in [2.45, 2.75) is 13.5 Å². The normalized spacial score (nSPS) is 10.6. The van der Waals surface area contributed by atoms with E-state index in [0.29, 0.717) is 17.1 Å². The Hall–Kier alpha value is -4.93. The zero-order valence-corrected chi connectivity index (χ0v) is 17.9. The molecule has 11 heteroatoms. The number of amides is 3. The topological polar surface area (TPSA) is 149 Å². The van der Waals surface area contributed by atoms with Crippen molar-refractivity contribution in [3.8, 4) is 0 Å². The molecule has 3 amide bonds. The standard InChI is InChI=1S/C23H19N5O6/c1-14-7-8-16(25-22(30)24-15-5-3-2-4-6-15)11-18(14)26-21(29)13-27-19-10-9-17(28(32)33)12-20(19)34-23(27)31/h2-12H,13H2,1H3,(H,26,29)(H2,24,25,30). The van der Waals surface area contributed by atoms with Gasteiger partial charge >= 0.3 is 11.8 Å². The number of urea groups is 1. The molecule has 1 aromatic heterocycles. The van der Waals surface area contributed by atoms with Crippen molar-refractivity contribution < 1.29 is 18.9 Å². The number of nitro benzene ring substituents is 1. The largest absolute Gasteiger partial charge is 0.420 e. The highest BCUT2D eigenvalue weighted by Gasteiger charge is 2.17. The molecule has 0 saturated heterocycles. The summed E-state index contributed by atoms with van der Waals surface area (Å²) in [5, 5.41) is 19.0. The maximum absolute atomic E-state index is 12.7. The van der Waals surface area contributed by atoms with Crippen molar-refractivity contribution in [2.75, 3.05) is 16.0 Å². The van der Waals surface area contributed by atoms with E-state index in [9.17, 15) is 24.5 Å². The third kappa shape index (κ3) is 4.93. The monoisotopic (exact) mass is 461 g/mol. The molecule has 3 aromatic carbocycles. The smallest absolute Gasteiger partial charge is 0.407 e. The molecular weight excluding hydrogens is 442 g/mol. The summed E-state index contributed by atoms with van der Waals surface area (Å²) in [6.45, 7) is 1.41. The van der Waals surface area contributed by atoms with Crippen LogP contribution in [0.5, 0.6) is 0 Å². The van der Waals surface area contributed by atoms with Crippen LogP contribution in [-0.4, -0.2) is 21.4 Å². The minimum atomic E-state index is -0.810. The molecule has 0 atom stereocenters. The molecule has 0 saturated carbocycles. The molecule has 1 heterocycles. The first-order valence-corrected chi connectivity index (χ1v) is 10.1. The number of hydrogen-bond acceptors (Lipinski definition) is 6. The van der Waals surface area contributed by atoms with E-state index in [0.717, 1.165) is 16.2 Å². The summed E-state index contributed by atoms with van der Waals surface area (Å²) >= 11 is 0. The Balaban J connectivity index is 1.47. The molecule has 4 aromatic rings. The van der Waals surface area contributed by atoms with Crippen LogP contribution in [0.15, 0.2) is 75.9 Å². The van der Waals surface area contributed by atoms with Gasteiger partial charge in [-0.2, -0.15) is 0 Å². The van der Waals surface area contributed by atoms with E-state index in [1.165, 1.54) is 12.1 Å². The van der Waals surface area contributed by atoms with Crippen molar-refractivity contribution in [3.63, 3.8) is 0 Å². The van der Waals surface area contributed by atoms with Gasteiger partial charge in [-0.05, 0) is 42.8 Å². The van der Waals surface area contributed by atoms with Crippen LogP contribution in [-0.2, 0) is 11.3 Å². The van der Waals surface area contributed by atoms with E-state index in [1.54, 1.807) is 49.4 Å². The van der Waals surface area contributed by atoms with Crippen molar-refractivity contribution in [1.82, 2.24) is 4.57 Å². The number of non-ortho nitro benzene ring substituents is 1. The van der Waals surface area contributed by atoms with Gasteiger partial charge < -0.3 is 20.4 Å². The highest BCUT2D eigenvalue weighted by atomic mass is 16.6. The van der Waals surface area contributed by atoms with Gasteiger partial charge in [0.05, 0.1) is 16.5 Å². The van der Waals surface area contributed by atoms with Gasteiger partial charge in [0, 0.05) is 23.1 Å². The van der Waals surface area contributed by atoms with Crippen molar-refractivity contribution in [1.29, 1.82) is 0 Å². The SMILES string of the molecule is Cc1ccc(NC(=O)Nc2ccccc2)cc1NC(=O)Cn1c(=O)oc2cc([N+](=O)[O-])ccc21. The lowest BCUT2D eigenvalue weighted by Crippen LogP contribution is -2.25. The number of hydrogen-bond donors (Lipinski definition) is 3. The molecule has 34 heavy (non-hydrogen) atoms. The minimum Gasteiger partial charge on any atom is -0.407 e. The lowest BCUT2D eigenvalue weighted by molar-refractivity contribution is -0.384. The molecule has 0 bridgehead atoms. The average molecular weight is 461 g/mol. The number of aromatic nitrogens is 1. The molecule has 11 nitrogen and oxygen atoms in total. The summed E-state index contributed by atoms with van der Waals surface area (Å²) < 4.78 is 6.13. The number of nitrogens with one attached hydrogen (secondary N) is 3. The summed E-state index contributed by atoms with van der Waals surface area (Å²) in [5.41, 5.74) is 2.31. The average Bonchev–Trinajstić information content (AvgIpc) is 3.10. The van der Waals surface area contributed by atoms with Gasteiger partial charge in [-0.3, -0.25) is 19.5 Å². The van der Waals surface area contributed by atoms with Crippen LogP contribution >= 0.6 is 0 Å². The van der Waals surface area contributed by atoms with Crippen LogP contribution in [0.25, 0.3) is 11.1 Å². The molecule has 0 spiro atoms. The number of oxazole rings is 1. The first kappa shape index (κ1) is 22.3. The Morgan fingerprint density at radius 3 is 2.44 bits per heavy atom. The van der Waals surface area contributed by atoms with Crippen LogP contribution in [0.1, 0.15) is 5.56 Å². The molecule has 4 rings (SSSR count). The highest BCUT2D eigenvalue weighted by Crippen LogP contribution is 2.22. The van der Waals surface area contributed by atoms with Crippen LogP contribution in [0, 0.1) is 17.0 Å². The van der Waals surface area contributed by atoms with Gasteiger partial charge in [-0.25, -0.2) is 9.59 Å². The van der Waals surface area contributed by atoms with E-state index in [2.05, 4.69) is 16.0 Å². The molecule has 0 aliphatic heterocycles. The summed E-state index contributed by atoms with van der Waals surface area (Å²) in [4.78, 5) is 47.4. The molecular formula is C23H19N5O6. The Kier molecular flexibility index (Phi) is 6.08. The Morgan fingerprint density at radius 1 is 0.971 bits per heavy atom. The van der Waals surface area contributed by atoms with Gasteiger partial charge in [0.25, 0.3) is 5.69 Å². The van der Waals surface area contributed by atoms with Crippen molar-refractivity contribution >= 4 is 45.8 Å². The molecule has 0 radical (unpaired) electrons. The number of fused-ring (bicyclic) bond motifs is 1. The summed E-state index contributed by atoms with van der Waals surface area (Å²) in [7, 11) is 0. The van der Waals surface area contributed by atoms with E-state index in [4.69, 9.17) is 4.42 Å². The molecule has 172 valence electrons. The number of rotatable bonds is 6. The van der Waals surface area contributed by atoms with E-state index >= 15 is 0 Å². The number of aryl methyl sites for hydroxylation is 1. The lowest BCUT2D eigenvalue weighted by Gasteiger charge is -2.12. The van der Waals surface area contributed by atoms with Crippen LogP contribution < -0.4 is 21.7 Å². The van der Waals surface area contributed by atoms with Crippen LogP contribution in [0.4, 0.5) is 27.5 Å². The summed E-state index contributed by atoms with van der Waals surface area (Å²) in [6, 6.07) is 17.2. The second-order valence-corrected chi connectivity index (χ2v) is 7.39. The van der Waals surface area contributed by atoms with Gasteiger partial charge in [0.15, 0.2) is 5.58 Å². The number of nitro groups is 1. The number of carbonyl (C=O) groups is 2. The fraction of sp³-hybridized carbons (Fsp3) is 0.0870. The van der Waals surface area contributed by atoms with Gasteiger partial charge in [-0.1, -0.05) is 24.3 Å². The zero-order valence-electron chi connectivity index (χ0n) is 17.9. The fourth-order valence-electron chi connectivity index (χ4n) is 3.30. The van der Waals surface area contributed by atoms with Crippen molar-refractivity contribution in [2.24, 2.45) is 0 Å². The number of carbonyl (C=O) groups excluding carboxylic acids is 2. The minimum absolute atomic E-state index is 0.0128. The molecule has 0 fully saturated rings. The summed E-state index contributed by atoms with van der Waals surface area (Å²) in [6.07, 6.45) is 0. The Labute approximate surface area is 192 Å². The van der Waals surface area contributed by atoms with Crippen LogP contribution in [0.2, 0.25) is 0 Å². The predicted molar refractivity (Wildman–Crippen MR) is 126 cm³/mol. The molecule has 0 aliphatic carbocycles. The number of anilines is 3. The van der Waals surface area contributed by atoms with E-state index in [1.807, 2.05) is 6.07 Å². The van der Waals surface area contributed by atoms with Gasteiger partial charge in [0.2, 0.25) is 5.91 Å². The second-order valence-electron chi connectivity index (χ2n) is 7.39. The first-order valence-electron chi connectivity index (χ1n) is 10.1. The number of para-hydroxylation sites is 1. The van der Waals surface area contributed by atoms with Gasteiger partial charge in [-0.15, -0.1) is 0 Å². The maximum atomic E-state index is 12.7. The molecule has 0 aliphatic rings. The Bertz CT molecular complexity index is 1460. The quantitative estimate of drug-likeness (QED) is 0.291. The lowest BCUT2D eigenvalue weighted by atomic mass is 10.1. The van der Waals surface area contributed by atoms with E-state index in [-0.39, 0.29) is 23.3 Å². The van der Waals surface area contributed by atoms with E-state index < -0.39 is 22.6 Å². The number of nitrogens with zero attached hydrogens (tertiary/aromatic N) is 2.